The molecule has 0 unspecified atom stereocenters. The minimum absolute atomic E-state index is 0.00242. The number of ether oxygens (including phenoxy) is 1. The van der Waals surface area contributed by atoms with Crippen LogP contribution in [-0.4, -0.2) is 20.1 Å². The maximum atomic E-state index is 6.99. The van der Waals surface area contributed by atoms with Gasteiger partial charge in [-0.05, 0) is 53.5 Å². The zero-order valence-corrected chi connectivity index (χ0v) is 18.5. The van der Waals surface area contributed by atoms with Crippen LogP contribution in [0.1, 0.15) is 77.7 Å². The van der Waals surface area contributed by atoms with Crippen molar-refractivity contribution in [1.29, 1.82) is 0 Å². The van der Waals surface area contributed by atoms with Gasteiger partial charge in [-0.25, -0.2) is 9.97 Å². The predicted octanol–water partition coefficient (Wildman–Crippen LogP) is 5.59. The lowest BCUT2D eigenvalue weighted by molar-refractivity contribution is -0.161. The highest BCUT2D eigenvalue weighted by Crippen LogP contribution is 2.66. The van der Waals surface area contributed by atoms with Crippen LogP contribution in [0.4, 0.5) is 0 Å². The Kier molecular flexibility index (Phi) is 3.95. The fourth-order valence-corrected chi connectivity index (χ4v) is 5.10. The summed E-state index contributed by atoms with van der Waals surface area (Å²) in [6, 6.07) is 0. The Balaban J connectivity index is 2.42. The molecule has 1 aliphatic heterocycles. The summed E-state index contributed by atoms with van der Waals surface area (Å²) in [4.78, 5) is 9.48. The van der Waals surface area contributed by atoms with Gasteiger partial charge in [-0.15, -0.1) is 0 Å². The van der Waals surface area contributed by atoms with E-state index in [2.05, 4.69) is 78.8 Å². The highest BCUT2D eigenvalue weighted by Gasteiger charge is 2.68. The van der Waals surface area contributed by atoms with Crippen LogP contribution >= 0.6 is 0 Å². The number of aryl methyl sites for hydroxylation is 3. The largest absolute Gasteiger partial charge is 0.348 e. The van der Waals surface area contributed by atoms with Crippen LogP contribution in [0.25, 0.3) is 11.0 Å². The van der Waals surface area contributed by atoms with E-state index in [1.165, 1.54) is 11.3 Å². The molecule has 0 radical (unpaired) electrons. The molecule has 144 valence electrons. The zero-order chi connectivity index (χ0) is 19.9. The number of hydrogen-bond acceptors (Lipinski definition) is 3. The van der Waals surface area contributed by atoms with Crippen molar-refractivity contribution in [2.75, 3.05) is 0 Å². The van der Waals surface area contributed by atoms with Crippen molar-refractivity contribution >= 4 is 11.0 Å². The quantitative estimate of drug-likeness (QED) is 0.703. The third-order valence-electron chi connectivity index (χ3n) is 8.22. The summed E-state index contributed by atoms with van der Waals surface area (Å²) in [6.45, 7) is 24.5. The van der Waals surface area contributed by atoms with Gasteiger partial charge in [0.1, 0.15) is 17.2 Å². The molecule has 0 N–H and O–H groups in total. The van der Waals surface area contributed by atoms with Gasteiger partial charge in [0.05, 0.1) is 11.3 Å². The fourth-order valence-electron chi connectivity index (χ4n) is 5.10. The molecule has 4 heteroatoms. The number of rotatable bonds is 2. The van der Waals surface area contributed by atoms with Crippen molar-refractivity contribution in [3.8, 4) is 0 Å². The topological polar surface area (TPSA) is 39.9 Å². The molecule has 2 aromatic heterocycles. The molecule has 0 amide bonds. The van der Waals surface area contributed by atoms with Crippen LogP contribution in [0.5, 0.6) is 0 Å². The normalized spacial score (nSPS) is 30.3. The lowest BCUT2D eigenvalue weighted by atomic mass is 9.58. The molecule has 0 aromatic carbocycles. The number of aromatic nitrogens is 3. The second kappa shape index (κ2) is 5.31. The van der Waals surface area contributed by atoms with E-state index in [4.69, 9.17) is 9.72 Å². The molecule has 0 spiro atoms. The molecule has 0 bridgehead atoms. The molecule has 0 aliphatic carbocycles. The van der Waals surface area contributed by atoms with Crippen molar-refractivity contribution in [3.05, 3.63) is 22.8 Å². The molecule has 3 rings (SSSR count). The summed E-state index contributed by atoms with van der Waals surface area (Å²) >= 11 is 0. The first-order valence-electron chi connectivity index (χ1n) is 9.78. The molecule has 4 nitrogen and oxygen atoms in total. The van der Waals surface area contributed by atoms with Crippen LogP contribution < -0.4 is 0 Å². The number of nitrogens with zero attached hydrogens (tertiary/aromatic N) is 3. The molecule has 2 atom stereocenters. The molecule has 3 heterocycles. The Bertz CT molecular complexity index is 893. The van der Waals surface area contributed by atoms with E-state index >= 15 is 0 Å². The Labute approximate surface area is 158 Å². The Morgan fingerprint density at radius 3 is 1.96 bits per heavy atom. The summed E-state index contributed by atoms with van der Waals surface area (Å²) in [5.41, 5.74) is 3.71. The zero-order valence-electron chi connectivity index (χ0n) is 18.5. The maximum Gasteiger partial charge on any atom is 0.150 e. The van der Waals surface area contributed by atoms with Crippen LogP contribution in [0.3, 0.4) is 0 Å². The van der Waals surface area contributed by atoms with Crippen molar-refractivity contribution < 1.29 is 4.74 Å². The van der Waals surface area contributed by atoms with E-state index in [-0.39, 0.29) is 16.4 Å². The fraction of sp³-hybridized carbons (Fsp3) is 0.727. The second-order valence-electron chi connectivity index (χ2n) is 9.52. The predicted molar refractivity (Wildman–Crippen MR) is 107 cm³/mol. The van der Waals surface area contributed by atoms with E-state index in [1.54, 1.807) is 0 Å². The molecular formula is C22H35N3O. The summed E-state index contributed by atoms with van der Waals surface area (Å²) in [5, 5.41) is 1.16. The first-order chi connectivity index (χ1) is 11.7. The van der Waals surface area contributed by atoms with Crippen molar-refractivity contribution in [1.82, 2.24) is 14.5 Å². The van der Waals surface area contributed by atoms with Crippen LogP contribution in [0, 0.1) is 38.5 Å². The van der Waals surface area contributed by atoms with Gasteiger partial charge < -0.3 is 4.74 Å². The van der Waals surface area contributed by atoms with E-state index in [0.717, 1.165) is 29.0 Å². The van der Waals surface area contributed by atoms with E-state index in [0.29, 0.717) is 0 Å². The molecule has 0 saturated carbocycles. The molecule has 26 heavy (non-hydrogen) atoms. The van der Waals surface area contributed by atoms with Gasteiger partial charge in [-0.3, -0.25) is 4.57 Å². The lowest BCUT2D eigenvalue weighted by Gasteiger charge is -2.46. The number of hydrogen-bond donors (Lipinski definition) is 0. The molecule has 1 saturated heterocycles. The van der Waals surface area contributed by atoms with Crippen molar-refractivity contribution in [3.63, 3.8) is 0 Å². The SMILES string of the molecule is CC[C@@]1(C)O[C@@](C)(n2c(C)c(C)c3c(C)nc(C)nc32)C(C)(C)C1(C)C. The third kappa shape index (κ3) is 2.00. The van der Waals surface area contributed by atoms with E-state index < -0.39 is 5.72 Å². The molecule has 1 aliphatic rings. The maximum absolute atomic E-state index is 6.99. The Morgan fingerprint density at radius 2 is 1.46 bits per heavy atom. The monoisotopic (exact) mass is 357 g/mol. The first kappa shape index (κ1) is 19.3. The molecule has 2 aromatic rings. The van der Waals surface area contributed by atoms with Gasteiger partial charge in [-0.2, -0.15) is 0 Å². The Morgan fingerprint density at radius 1 is 0.885 bits per heavy atom. The number of fused-ring (bicyclic) bond motifs is 1. The van der Waals surface area contributed by atoms with Gasteiger partial charge >= 0.3 is 0 Å². The third-order valence-corrected chi connectivity index (χ3v) is 8.22. The second-order valence-corrected chi connectivity index (χ2v) is 9.52. The van der Waals surface area contributed by atoms with Gasteiger partial charge in [-0.1, -0.05) is 34.6 Å². The summed E-state index contributed by atoms with van der Waals surface area (Å²) in [7, 11) is 0. The summed E-state index contributed by atoms with van der Waals surface area (Å²) in [5.74, 6) is 0.811. The minimum atomic E-state index is -0.495. The molecule has 1 fully saturated rings. The highest BCUT2D eigenvalue weighted by atomic mass is 16.5. The van der Waals surface area contributed by atoms with Crippen molar-refractivity contribution in [2.45, 2.75) is 93.9 Å². The molecular weight excluding hydrogens is 322 g/mol. The van der Waals surface area contributed by atoms with Gasteiger partial charge in [0, 0.05) is 21.9 Å². The first-order valence-corrected chi connectivity index (χ1v) is 9.78. The van der Waals surface area contributed by atoms with Gasteiger partial charge in [0.25, 0.3) is 0 Å². The summed E-state index contributed by atoms with van der Waals surface area (Å²) in [6.07, 6.45) is 0.975. The van der Waals surface area contributed by atoms with Gasteiger partial charge in [0.2, 0.25) is 0 Å². The Hall–Kier alpha value is -1.42. The van der Waals surface area contributed by atoms with Gasteiger partial charge in [0.15, 0.2) is 0 Å². The highest BCUT2D eigenvalue weighted by molar-refractivity contribution is 5.84. The standard InChI is InChI=1S/C22H35N3O/c1-12-21(10)19(6,7)20(8,9)22(11,26-21)25-15(4)13(2)17-14(3)23-16(5)24-18(17)25/h12H2,1-11H3/t21-,22-/m1/s1. The van der Waals surface area contributed by atoms with Crippen LogP contribution in [0.2, 0.25) is 0 Å². The van der Waals surface area contributed by atoms with Crippen LogP contribution in [0.15, 0.2) is 0 Å². The summed E-state index contributed by atoms with van der Waals surface area (Å²) < 4.78 is 9.34. The lowest BCUT2D eigenvalue weighted by Crippen LogP contribution is -2.48. The van der Waals surface area contributed by atoms with E-state index in [9.17, 15) is 0 Å². The van der Waals surface area contributed by atoms with Crippen LogP contribution in [-0.2, 0) is 10.5 Å². The van der Waals surface area contributed by atoms with E-state index in [1.807, 2.05) is 6.92 Å². The van der Waals surface area contributed by atoms with Crippen molar-refractivity contribution in [2.24, 2.45) is 10.8 Å². The minimum Gasteiger partial charge on any atom is -0.348 e. The average molecular weight is 358 g/mol. The smallest absolute Gasteiger partial charge is 0.150 e. The average Bonchev–Trinajstić information content (AvgIpc) is 2.82.